The van der Waals surface area contributed by atoms with Gasteiger partial charge in [-0.2, -0.15) is 0 Å². The number of ketones is 1. The number of nitrogens with zero attached hydrogens (tertiary/aromatic N) is 2. The van der Waals surface area contributed by atoms with Crippen molar-refractivity contribution in [2.24, 2.45) is 0 Å². The van der Waals surface area contributed by atoms with Gasteiger partial charge in [0.1, 0.15) is 0 Å². The van der Waals surface area contributed by atoms with Crippen molar-refractivity contribution in [2.75, 3.05) is 18.1 Å². The Bertz CT molecular complexity index is 1460. The average Bonchev–Trinajstić information content (AvgIpc) is 3.16. The van der Waals surface area contributed by atoms with Crippen LogP contribution >= 0.6 is 0 Å². The lowest BCUT2D eigenvalue weighted by Crippen LogP contribution is -2.29. The van der Waals surface area contributed by atoms with Crippen molar-refractivity contribution in [1.29, 1.82) is 0 Å². The maximum atomic E-state index is 13.0. The maximum absolute atomic E-state index is 13.0. The molecule has 37 heavy (non-hydrogen) atoms. The van der Waals surface area contributed by atoms with Crippen molar-refractivity contribution in [2.45, 2.75) is 6.92 Å². The Morgan fingerprint density at radius 3 is 2.14 bits per heavy atom. The van der Waals surface area contributed by atoms with E-state index in [4.69, 9.17) is 9.47 Å². The third-order valence-corrected chi connectivity index (χ3v) is 5.47. The van der Waals surface area contributed by atoms with E-state index < -0.39 is 41.1 Å². The lowest BCUT2D eigenvalue weighted by atomic mass is 10.1. The highest BCUT2D eigenvalue weighted by atomic mass is 16.6. The molecule has 186 valence electrons. The second kappa shape index (κ2) is 10.2. The maximum Gasteiger partial charge on any atom is 0.338 e. The predicted octanol–water partition coefficient (Wildman–Crippen LogP) is 3.61. The molecule has 0 unspecified atom stereocenters. The number of carbonyl (C=O) groups excluding carboxylic acids is 5. The van der Waals surface area contributed by atoms with Crippen molar-refractivity contribution in [3.8, 4) is 0 Å². The third-order valence-electron chi connectivity index (χ3n) is 5.47. The van der Waals surface area contributed by atoms with Crippen LogP contribution in [0.5, 0.6) is 0 Å². The van der Waals surface area contributed by atoms with Crippen molar-refractivity contribution in [3.63, 3.8) is 0 Å². The summed E-state index contributed by atoms with van der Waals surface area (Å²) >= 11 is 0. The number of non-ortho nitro benzene ring substituents is 1. The van der Waals surface area contributed by atoms with Crippen LogP contribution in [0.15, 0.2) is 66.7 Å². The van der Waals surface area contributed by atoms with Gasteiger partial charge < -0.3 is 9.47 Å². The van der Waals surface area contributed by atoms with Gasteiger partial charge >= 0.3 is 11.9 Å². The number of hydrogen-bond donors (Lipinski definition) is 0. The van der Waals surface area contributed by atoms with E-state index in [9.17, 15) is 34.1 Å². The predicted molar refractivity (Wildman–Crippen MR) is 128 cm³/mol. The number of esters is 2. The number of carbonyl (C=O) groups is 5. The van der Waals surface area contributed by atoms with Crippen LogP contribution in [-0.2, 0) is 9.47 Å². The van der Waals surface area contributed by atoms with Crippen molar-refractivity contribution < 1.29 is 38.4 Å². The highest BCUT2D eigenvalue weighted by Crippen LogP contribution is 2.29. The van der Waals surface area contributed by atoms with Crippen molar-refractivity contribution in [1.82, 2.24) is 0 Å². The van der Waals surface area contributed by atoms with Crippen LogP contribution in [-0.4, -0.2) is 47.7 Å². The monoisotopic (exact) mass is 502 g/mol. The highest BCUT2D eigenvalue weighted by Gasteiger charge is 2.37. The summed E-state index contributed by atoms with van der Waals surface area (Å²) < 4.78 is 9.94. The number of nitro groups is 1. The van der Waals surface area contributed by atoms with E-state index in [1.807, 2.05) is 0 Å². The van der Waals surface area contributed by atoms with E-state index in [0.29, 0.717) is 0 Å². The van der Waals surface area contributed by atoms with Gasteiger partial charge in [-0.25, -0.2) is 14.5 Å². The number of Topliss-reactive ketones (excluding diaryl/α,β-unsaturated/α-hetero) is 1. The van der Waals surface area contributed by atoms with Crippen LogP contribution in [0.1, 0.15) is 58.7 Å². The minimum Gasteiger partial charge on any atom is -0.462 e. The summed E-state index contributed by atoms with van der Waals surface area (Å²) in [6.07, 6.45) is 0. The van der Waals surface area contributed by atoms with Gasteiger partial charge in [-0.05, 0) is 49.4 Å². The Balaban J connectivity index is 1.47. The fourth-order valence-electron chi connectivity index (χ4n) is 3.65. The van der Waals surface area contributed by atoms with Gasteiger partial charge in [-0.1, -0.05) is 12.1 Å². The molecule has 1 aliphatic rings. The molecule has 0 bridgehead atoms. The summed E-state index contributed by atoms with van der Waals surface area (Å²) in [4.78, 5) is 73.7. The van der Waals surface area contributed by atoms with E-state index >= 15 is 0 Å². The van der Waals surface area contributed by atoms with Crippen LogP contribution in [0.2, 0.25) is 0 Å². The third kappa shape index (κ3) is 4.96. The number of fused-ring (bicyclic) bond motifs is 1. The molecule has 0 saturated carbocycles. The number of imide groups is 1. The van der Waals surface area contributed by atoms with Crippen LogP contribution in [0.25, 0.3) is 0 Å². The van der Waals surface area contributed by atoms with E-state index in [1.54, 1.807) is 6.92 Å². The largest absolute Gasteiger partial charge is 0.462 e. The van der Waals surface area contributed by atoms with Gasteiger partial charge in [0, 0.05) is 17.7 Å². The summed E-state index contributed by atoms with van der Waals surface area (Å²) in [7, 11) is 0. The molecule has 0 aliphatic carbocycles. The Morgan fingerprint density at radius 1 is 0.811 bits per heavy atom. The van der Waals surface area contributed by atoms with Crippen molar-refractivity contribution >= 4 is 40.9 Å². The molecule has 0 N–H and O–H groups in total. The normalized spacial score (nSPS) is 12.2. The molecular weight excluding hydrogens is 484 g/mol. The second-order valence-electron chi connectivity index (χ2n) is 7.78. The number of benzene rings is 3. The first-order valence-corrected chi connectivity index (χ1v) is 11.0. The van der Waals surface area contributed by atoms with E-state index in [0.717, 1.165) is 11.0 Å². The molecule has 2 amide bonds. The van der Waals surface area contributed by atoms with Gasteiger partial charge in [-0.15, -0.1) is 0 Å². The summed E-state index contributed by atoms with van der Waals surface area (Å²) in [5.74, 6) is -3.39. The molecule has 4 rings (SSSR count). The first kappa shape index (κ1) is 24.9. The molecule has 11 heteroatoms. The van der Waals surface area contributed by atoms with Crippen LogP contribution in [0.4, 0.5) is 11.4 Å². The standard InChI is InChI=1S/C26H18N2O9/c1-2-36-25(32)15-6-9-18(10-7-15)27-23(30)20-11-8-17(13-21(20)24(27)31)26(33)37-14-22(29)16-4-3-5-19(12-16)28(34)35/h3-13H,2,14H2,1H3. The quantitative estimate of drug-likeness (QED) is 0.148. The number of anilines is 1. The van der Waals surface area contributed by atoms with Gasteiger partial charge in [-0.3, -0.25) is 24.5 Å². The molecule has 3 aromatic carbocycles. The summed E-state index contributed by atoms with van der Waals surface area (Å²) in [5.41, 5.74) is 0.187. The number of ether oxygens (including phenoxy) is 2. The Labute approximate surface area is 209 Å². The molecule has 3 aromatic rings. The van der Waals surface area contributed by atoms with Crippen LogP contribution < -0.4 is 4.90 Å². The lowest BCUT2D eigenvalue weighted by Gasteiger charge is -2.14. The molecule has 0 aromatic heterocycles. The van der Waals surface area contributed by atoms with Gasteiger partial charge in [0.2, 0.25) is 5.78 Å². The minimum atomic E-state index is -0.918. The van der Waals surface area contributed by atoms with Crippen molar-refractivity contribution in [3.05, 3.63) is 105 Å². The lowest BCUT2D eigenvalue weighted by molar-refractivity contribution is -0.384. The summed E-state index contributed by atoms with van der Waals surface area (Å²) in [6, 6.07) is 14.5. The van der Waals surface area contributed by atoms with Crippen LogP contribution in [0, 0.1) is 10.1 Å². The second-order valence-corrected chi connectivity index (χ2v) is 7.78. The van der Waals surface area contributed by atoms with E-state index in [-0.39, 0.29) is 45.8 Å². The number of amides is 2. The SMILES string of the molecule is CCOC(=O)c1ccc(N2C(=O)c3ccc(C(=O)OCC(=O)c4cccc([N+](=O)[O-])c4)cc3C2=O)cc1. The van der Waals surface area contributed by atoms with Gasteiger partial charge in [0.25, 0.3) is 17.5 Å². The average molecular weight is 502 g/mol. The Morgan fingerprint density at radius 2 is 1.46 bits per heavy atom. The number of nitro benzene ring substituents is 1. The number of rotatable bonds is 8. The smallest absolute Gasteiger partial charge is 0.338 e. The van der Waals surface area contributed by atoms with E-state index in [2.05, 4.69) is 0 Å². The minimum absolute atomic E-state index is 0.00125. The molecule has 0 fully saturated rings. The molecule has 0 atom stereocenters. The zero-order valence-corrected chi connectivity index (χ0v) is 19.3. The van der Waals surface area contributed by atoms with Crippen LogP contribution in [0.3, 0.4) is 0 Å². The first-order valence-electron chi connectivity index (χ1n) is 11.0. The summed E-state index contributed by atoms with van der Waals surface area (Å²) in [6.45, 7) is 1.19. The Hall–Kier alpha value is -5.19. The molecule has 11 nitrogen and oxygen atoms in total. The molecule has 0 spiro atoms. The number of hydrogen-bond acceptors (Lipinski definition) is 9. The molecule has 1 aliphatic heterocycles. The van der Waals surface area contributed by atoms with E-state index in [1.165, 1.54) is 60.7 Å². The summed E-state index contributed by atoms with van der Waals surface area (Å²) in [5, 5.41) is 10.9. The van der Waals surface area contributed by atoms with Gasteiger partial charge in [0.15, 0.2) is 6.61 Å². The molecular formula is C26H18N2O9. The molecule has 0 radical (unpaired) electrons. The Kier molecular flexibility index (Phi) is 6.87. The highest BCUT2D eigenvalue weighted by molar-refractivity contribution is 6.34. The fraction of sp³-hybridized carbons (Fsp3) is 0.115. The zero-order valence-electron chi connectivity index (χ0n) is 19.3. The molecule has 0 saturated heterocycles. The molecule has 1 heterocycles. The fourth-order valence-corrected chi connectivity index (χ4v) is 3.65. The first-order chi connectivity index (χ1) is 17.7. The zero-order chi connectivity index (χ0) is 26.7. The van der Waals surface area contributed by atoms with Gasteiger partial charge in [0.05, 0.1) is 39.5 Å². The topological polar surface area (TPSA) is 150 Å².